The molecule has 6 nitrogen and oxygen atoms in total. The summed E-state index contributed by atoms with van der Waals surface area (Å²) in [5.74, 6) is 0.326. The standard InChI is InChI=1S/C13H15ClN4O2/c14-12-11(3-5-20-12)13(19)17-4-1-2-10(6-17)7-18-9-15-8-16-18/h3,5,8-10H,1-2,4,6-7H2. The molecule has 3 rings (SSSR count). The third kappa shape index (κ3) is 2.70. The summed E-state index contributed by atoms with van der Waals surface area (Å²) in [5, 5.41) is 4.27. The number of aromatic nitrogens is 3. The Morgan fingerprint density at radius 1 is 1.55 bits per heavy atom. The van der Waals surface area contributed by atoms with Crippen LogP contribution in [0.2, 0.25) is 5.22 Å². The van der Waals surface area contributed by atoms with Crippen LogP contribution in [0.25, 0.3) is 0 Å². The lowest BCUT2D eigenvalue weighted by Crippen LogP contribution is -2.41. The molecule has 0 N–H and O–H groups in total. The summed E-state index contributed by atoms with van der Waals surface area (Å²) < 4.78 is 6.79. The van der Waals surface area contributed by atoms with Gasteiger partial charge < -0.3 is 9.32 Å². The van der Waals surface area contributed by atoms with Gasteiger partial charge in [0.15, 0.2) is 0 Å². The Balaban J connectivity index is 1.66. The number of amides is 1. The number of hydrogen-bond acceptors (Lipinski definition) is 4. The van der Waals surface area contributed by atoms with E-state index in [0.29, 0.717) is 18.0 Å². The fourth-order valence-electron chi connectivity index (χ4n) is 2.61. The zero-order chi connectivity index (χ0) is 13.9. The number of nitrogens with zero attached hydrogens (tertiary/aromatic N) is 4. The highest BCUT2D eigenvalue weighted by molar-refractivity contribution is 6.32. The highest BCUT2D eigenvalue weighted by atomic mass is 35.5. The molecule has 3 heterocycles. The van der Waals surface area contributed by atoms with Crippen molar-refractivity contribution in [3.8, 4) is 0 Å². The second kappa shape index (κ2) is 5.66. The molecule has 1 aliphatic rings. The molecule has 1 saturated heterocycles. The van der Waals surface area contributed by atoms with Gasteiger partial charge in [0, 0.05) is 19.6 Å². The van der Waals surface area contributed by atoms with Crippen LogP contribution in [0, 0.1) is 5.92 Å². The minimum atomic E-state index is -0.0629. The van der Waals surface area contributed by atoms with E-state index in [4.69, 9.17) is 16.0 Å². The Morgan fingerprint density at radius 2 is 2.45 bits per heavy atom. The Kier molecular flexibility index (Phi) is 3.73. The molecule has 0 aliphatic carbocycles. The molecule has 7 heteroatoms. The predicted molar refractivity (Wildman–Crippen MR) is 72.4 cm³/mol. The first kappa shape index (κ1) is 13.2. The Bertz CT molecular complexity index is 581. The smallest absolute Gasteiger partial charge is 0.258 e. The molecule has 106 valence electrons. The van der Waals surface area contributed by atoms with Crippen LogP contribution in [0.1, 0.15) is 23.2 Å². The second-order valence-corrected chi connectivity index (χ2v) is 5.33. The minimum absolute atomic E-state index is 0.0629. The van der Waals surface area contributed by atoms with Gasteiger partial charge in [-0.2, -0.15) is 5.10 Å². The van der Waals surface area contributed by atoms with Gasteiger partial charge in [0.2, 0.25) is 5.22 Å². The molecular weight excluding hydrogens is 280 g/mol. The maximum absolute atomic E-state index is 12.4. The molecule has 1 unspecified atom stereocenters. The maximum atomic E-state index is 12.4. The lowest BCUT2D eigenvalue weighted by molar-refractivity contribution is 0.0659. The lowest BCUT2D eigenvalue weighted by atomic mass is 9.97. The fourth-order valence-corrected chi connectivity index (χ4v) is 2.80. The van der Waals surface area contributed by atoms with Crippen molar-refractivity contribution >= 4 is 17.5 Å². The molecule has 20 heavy (non-hydrogen) atoms. The summed E-state index contributed by atoms with van der Waals surface area (Å²) in [6.07, 6.45) is 6.74. The van der Waals surface area contributed by atoms with E-state index < -0.39 is 0 Å². The average molecular weight is 295 g/mol. The number of rotatable bonds is 3. The largest absolute Gasteiger partial charge is 0.452 e. The number of carbonyl (C=O) groups excluding carboxylic acids is 1. The zero-order valence-electron chi connectivity index (χ0n) is 10.9. The van der Waals surface area contributed by atoms with Crippen molar-refractivity contribution in [2.24, 2.45) is 5.92 Å². The molecule has 2 aromatic heterocycles. The molecule has 1 amide bonds. The summed E-state index contributed by atoms with van der Waals surface area (Å²) in [6.45, 7) is 2.25. The molecule has 2 aromatic rings. The van der Waals surface area contributed by atoms with E-state index in [1.165, 1.54) is 12.6 Å². The molecule has 1 aliphatic heterocycles. The molecule has 0 saturated carbocycles. The van der Waals surface area contributed by atoms with Crippen LogP contribution < -0.4 is 0 Å². The number of piperidine rings is 1. The van der Waals surface area contributed by atoms with Crippen molar-refractivity contribution in [3.05, 3.63) is 35.8 Å². The van der Waals surface area contributed by atoms with Gasteiger partial charge in [0.05, 0.1) is 11.8 Å². The molecule has 0 bridgehead atoms. The summed E-state index contributed by atoms with van der Waals surface area (Å²) in [4.78, 5) is 18.1. The van der Waals surface area contributed by atoms with Gasteiger partial charge in [-0.15, -0.1) is 0 Å². The van der Waals surface area contributed by atoms with Crippen LogP contribution in [0.15, 0.2) is 29.4 Å². The topological polar surface area (TPSA) is 64.2 Å². The van der Waals surface area contributed by atoms with Crippen LogP contribution >= 0.6 is 11.6 Å². The SMILES string of the molecule is O=C(c1ccoc1Cl)N1CCCC(Cn2cncn2)C1. The van der Waals surface area contributed by atoms with E-state index in [2.05, 4.69) is 10.1 Å². The highest BCUT2D eigenvalue weighted by Gasteiger charge is 2.26. The first-order valence-electron chi connectivity index (χ1n) is 6.58. The van der Waals surface area contributed by atoms with Gasteiger partial charge in [-0.25, -0.2) is 4.98 Å². The molecular formula is C13H15ClN4O2. The Hall–Kier alpha value is -1.82. The van der Waals surface area contributed by atoms with Crippen LogP contribution in [-0.4, -0.2) is 38.7 Å². The fraction of sp³-hybridized carbons (Fsp3) is 0.462. The van der Waals surface area contributed by atoms with E-state index in [1.54, 1.807) is 12.4 Å². The van der Waals surface area contributed by atoms with Crippen LogP contribution in [0.4, 0.5) is 0 Å². The third-order valence-electron chi connectivity index (χ3n) is 3.57. The number of halogens is 1. The highest BCUT2D eigenvalue weighted by Crippen LogP contribution is 2.23. The van der Waals surface area contributed by atoms with E-state index in [0.717, 1.165) is 25.9 Å². The van der Waals surface area contributed by atoms with Gasteiger partial charge in [-0.1, -0.05) is 0 Å². The van der Waals surface area contributed by atoms with E-state index in [1.807, 2.05) is 9.58 Å². The van der Waals surface area contributed by atoms with Crippen LogP contribution in [0.5, 0.6) is 0 Å². The summed E-state index contributed by atoms with van der Waals surface area (Å²) in [7, 11) is 0. The van der Waals surface area contributed by atoms with Gasteiger partial charge in [0.25, 0.3) is 5.91 Å². The lowest BCUT2D eigenvalue weighted by Gasteiger charge is -2.32. The first-order chi connectivity index (χ1) is 9.74. The van der Waals surface area contributed by atoms with Crippen molar-refractivity contribution in [2.45, 2.75) is 19.4 Å². The van der Waals surface area contributed by atoms with E-state index >= 15 is 0 Å². The number of carbonyl (C=O) groups is 1. The zero-order valence-corrected chi connectivity index (χ0v) is 11.7. The van der Waals surface area contributed by atoms with Gasteiger partial charge in [-0.3, -0.25) is 9.48 Å². The number of likely N-dealkylation sites (tertiary alicyclic amines) is 1. The predicted octanol–water partition coefficient (Wildman–Crippen LogP) is 2.08. The molecule has 0 radical (unpaired) electrons. The Morgan fingerprint density at radius 3 is 3.15 bits per heavy atom. The minimum Gasteiger partial charge on any atom is -0.452 e. The summed E-state index contributed by atoms with van der Waals surface area (Å²) >= 11 is 5.87. The van der Waals surface area contributed by atoms with Crippen LogP contribution in [-0.2, 0) is 6.54 Å². The maximum Gasteiger partial charge on any atom is 0.258 e. The number of furan rings is 1. The number of hydrogen-bond donors (Lipinski definition) is 0. The monoisotopic (exact) mass is 294 g/mol. The third-order valence-corrected chi connectivity index (χ3v) is 3.86. The van der Waals surface area contributed by atoms with Crippen molar-refractivity contribution in [1.29, 1.82) is 0 Å². The van der Waals surface area contributed by atoms with Crippen molar-refractivity contribution < 1.29 is 9.21 Å². The Labute approximate surface area is 121 Å². The van der Waals surface area contributed by atoms with E-state index in [9.17, 15) is 4.79 Å². The van der Waals surface area contributed by atoms with Crippen molar-refractivity contribution in [1.82, 2.24) is 19.7 Å². The quantitative estimate of drug-likeness (QED) is 0.869. The average Bonchev–Trinajstić information content (AvgIpc) is 3.10. The van der Waals surface area contributed by atoms with Crippen molar-refractivity contribution in [2.75, 3.05) is 13.1 Å². The molecule has 0 aromatic carbocycles. The second-order valence-electron chi connectivity index (χ2n) is 4.98. The normalized spacial score (nSPS) is 19.2. The molecule has 0 spiro atoms. The van der Waals surface area contributed by atoms with Gasteiger partial charge >= 0.3 is 0 Å². The van der Waals surface area contributed by atoms with Gasteiger partial charge in [0.1, 0.15) is 12.7 Å². The summed E-state index contributed by atoms with van der Waals surface area (Å²) in [6, 6.07) is 1.62. The van der Waals surface area contributed by atoms with E-state index in [-0.39, 0.29) is 11.1 Å². The van der Waals surface area contributed by atoms with Crippen molar-refractivity contribution in [3.63, 3.8) is 0 Å². The first-order valence-corrected chi connectivity index (χ1v) is 6.96. The van der Waals surface area contributed by atoms with Crippen LogP contribution in [0.3, 0.4) is 0 Å². The molecule has 1 fully saturated rings. The van der Waals surface area contributed by atoms with Gasteiger partial charge in [-0.05, 0) is 36.4 Å². The summed E-state index contributed by atoms with van der Waals surface area (Å²) in [5.41, 5.74) is 0.438. The molecule has 1 atom stereocenters.